The summed E-state index contributed by atoms with van der Waals surface area (Å²) in [4.78, 5) is 46.5. The second-order valence-electron chi connectivity index (χ2n) is 15.5. The molecule has 0 radical (unpaired) electrons. The normalized spacial score (nSPS) is 13.5. The van der Waals surface area contributed by atoms with Gasteiger partial charge in [-0.05, 0) is 82.8 Å². The largest absolute Gasteiger partial charge is 0.510 e. The van der Waals surface area contributed by atoms with Crippen molar-refractivity contribution >= 4 is 81.6 Å². The molecule has 72 heavy (non-hydrogen) atoms. The Bertz CT molecular complexity index is 3170. The number of nitrogens with one attached hydrogen (secondary N) is 1. The first-order valence-electron chi connectivity index (χ1n) is 21.2. The Morgan fingerprint density at radius 3 is 1.90 bits per heavy atom. The van der Waals surface area contributed by atoms with E-state index in [1.54, 1.807) is 43.5 Å². The Hall–Kier alpha value is -7.14. The summed E-state index contributed by atoms with van der Waals surface area (Å²) in [6.07, 6.45) is 3.42. The molecular weight excluding hydrogens is 1120 g/mol. The van der Waals surface area contributed by atoms with Crippen LogP contribution >= 0.6 is 56.9 Å². The fourth-order valence-electron chi connectivity index (χ4n) is 7.61. The van der Waals surface area contributed by atoms with E-state index in [0.29, 0.717) is 33.0 Å². The van der Waals surface area contributed by atoms with E-state index in [1.807, 2.05) is 52.2 Å². The highest BCUT2D eigenvalue weighted by Gasteiger charge is 2.50. The first-order chi connectivity index (χ1) is 34.7. The molecule has 1 N–H and O–H groups in total. The minimum atomic E-state index is -1.74. The Balaban J connectivity index is 0.000000211. The van der Waals surface area contributed by atoms with E-state index < -0.39 is 64.7 Å². The number of H-pyrrole nitrogens is 1. The quantitative estimate of drug-likeness (QED) is 0.0227. The standard InChI is InChI=1S/C24H18ClF2N5O3S.C24H20F2IN5O3S/c1-15(22-31-21(10-36-22)17-4-2-16(9-28)3-5-17)24(35-23(33)34-12-25,11-32-14-29-13-30-32)19-7-6-18(26)8-20(19)27;1-15(22-31-21(10-36-22)16-3-6-18(28-2)7-4-16)24(35-23(33)34-12-27,11-32-14-29-13-30-32)19-8-5-17(25)9-20(19)26/h2-8,10,13-15H,11-12H2,1H3;3-10,13-15H,2,11-12H2,1H3/p+1/t2*15-,24?/m00/s1. The lowest BCUT2D eigenvalue weighted by Crippen LogP contribution is -2.52. The van der Waals surface area contributed by atoms with Gasteiger partial charge in [-0.1, -0.05) is 49.7 Å². The number of ether oxygens (including phenoxy) is 4. The summed E-state index contributed by atoms with van der Waals surface area (Å²) in [5.41, 5.74) is 0.594. The van der Waals surface area contributed by atoms with E-state index in [0.717, 1.165) is 35.0 Å². The first kappa shape index (κ1) is 52.7. The molecule has 8 rings (SSSR count). The molecule has 0 bridgehead atoms. The molecule has 2 unspecified atom stereocenters. The van der Waals surface area contributed by atoms with Gasteiger partial charge in [0.05, 0.1) is 47.1 Å². The molecule has 4 atom stereocenters. The molecule has 0 fully saturated rings. The van der Waals surface area contributed by atoms with Crippen molar-refractivity contribution in [3.63, 3.8) is 0 Å². The van der Waals surface area contributed by atoms with Gasteiger partial charge >= 0.3 is 18.6 Å². The number of halogens is 6. The van der Waals surface area contributed by atoms with Gasteiger partial charge in [-0.25, -0.2) is 46.8 Å². The molecule has 4 aromatic heterocycles. The minimum absolute atomic E-state index is 0.0211. The van der Waals surface area contributed by atoms with Crippen LogP contribution in [0.25, 0.3) is 22.5 Å². The van der Waals surface area contributed by atoms with E-state index in [-0.39, 0.29) is 28.8 Å². The Morgan fingerprint density at radius 1 is 0.847 bits per heavy atom. The monoisotopic (exact) mass is 1150 g/mol. The summed E-state index contributed by atoms with van der Waals surface area (Å²) < 4.78 is 82.6. The van der Waals surface area contributed by atoms with Gasteiger partial charge in [0.25, 0.3) is 0 Å². The maximum absolute atomic E-state index is 15.3. The number of hydrogen-bond acceptors (Lipinski definition) is 15. The molecule has 24 heteroatoms. The van der Waals surface area contributed by atoms with Crippen molar-refractivity contribution < 1.29 is 50.8 Å². The molecule has 0 aliphatic heterocycles. The number of aromatic nitrogens is 8. The molecule has 8 aromatic rings. The molecule has 0 spiro atoms. The minimum Gasteiger partial charge on any atom is -0.424 e. The van der Waals surface area contributed by atoms with E-state index in [9.17, 15) is 18.4 Å². The van der Waals surface area contributed by atoms with Crippen LogP contribution in [0, 0.1) is 34.6 Å². The van der Waals surface area contributed by atoms with Gasteiger partial charge in [-0.2, -0.15) is 20.1 Å². The predicted molar refractivity (Wildman–Crippen MR) is 265 cm³/mol. The smallest absolute Gasteiger partial charge is 0.424 e. The molecule has 0 saturated heterocycles. The summed E-state index contributed by atoms with van der Waals surface area (Å²) in [6, 6.07) is 22.0. The van der Waals surface area contributed by atoms with Crippen molar-refractivity contribution in [3.05, 3.63) is 171 Å². The van der Waals surface area contributed by atoms with Gasteiger partial charge < -0.3 is 18.9 Å². The average molecular weight is 1150 g/mol. The lowest BCUT2D eigenvalue weighted by atomic mass is 9.81. The topological polar surface area (TPSA) is 196 Å². The second kappa shape index (κ2) is 23.8. The van der Waals surface area contributed by atoms with Gasteiger partial charge in [-0.15, -0.1) is 22.7 Å². The SMILES string of the molecule is C=Nc1ccc(-c2csc([C@H](C)C(Cn3cncn3)(OC(=O)OCI)c3ccc(F)cc3F)n2)cc1.C[C@@H](c1nc(-c2ccc(C#N)cc2)cs1)C(C[n+]1cnc[nH]1)(OC(=O)OCCl)c1ccc(F)cc1F. The third kappa shape index (κ3) is 12.1. The Labute approximate surface area is 435 Å². The molecule has 0 saturated carbocycles. The van der Waals surface area contributed by atoms with E-state index >= 15 is 8.78 Å². The highest BCUT2D eigenvalue weighted by atomic mass is 127. The van der Waals surface area contributed by atoms with Crippen LogP contribution in [0.4, 0.5) is 32.8 Å². The maximum Gasteiger partial charge on any atom is 0.510 e. The lowest BCUT2D eigenvalue weighted by Gasteiger charge is -2.37. The average Bonchev–Trinajstić information content (AvgIpc) is 4.24. The number of aromatic amines is 1. The van der Waals surface area contributed by atoms with Gasteiger partial charge in [0.15, 0.2) is 23.8 Å². The molecule has 0 amide bonds. The van der Waals surface area contributed by atoms with Crippen molar-refractivity contribution in [2.45, 2.75) is 50.0 Å². The Kier molecular flexibility index (Phi) is 17.4. The number of carbonyl (C=O) groups is 2. The molecular formula is C48H39ClF4IN10O6S2+. The van der Waals surface area contributed by atoms with Gasteiger partial charge in [-0.3, -0.25) is 4.99 Å². The summed E-state index contributed by atoms with van der Waals surface area (Å²) in [5, 5.41) is 20.7. The molecule has 370 valence electrons. The van der Waals surface area contributed by atoms with Crippen LogP contribution in [0.5, 0.6) is 0 Å². The zero-order chi connectivity index (χ0) is 51.4. The van der Waals surface area contributed by atoms with E-state index in [4.69, 9.17) is 45.8 Å². The number of benzene rings is 4. The molecule has 4 aromatic carbocycles. The summed E-state index contributed by atoms with van der Waals surface area (Å²) in [7, 11) is 0. The summed E-state index contributed by atoms with van der Waals surface area (Å²) in [5.74, 6) is -4.78. The van der Waals surface area contributed by atoms with Crippen LogP contribution in [-0.4, -0.2) is 64.5 Å². The van der Waals surface area contributed by atoms with Crippen molar-refractivity contribution in [2.24, 2.45) is 4.99 Å². The van der Waals surface area contributed by atoms with Crippen molar-refractivity contribution in [2.75, 3.05) is 10.7 Å². The van der Waals surface area contributed by atoms with Crippen LogP contribution in [-0.2, 0) is 43.2 Å². The van der Waals surface area contributed by atoms with Crippen molar-refractivity contribution in [1.82, 2.24) is 34.8 Å². The van der Waals surface area contributed by atoms with Gasteiger partial charge in [0.1, 0.15) is 50.6 Å². The molecule has 16 nitrogen and oxygen atoms in total. The van der Waals surface area contributed by atoms with Crippen LogP contribution in [0.15, 0.2) is 126 Å². The zero-order valence-corrected chi connectivity index (χ0v) is 42.3. The number of rotatable bonds is 17. The number of nitrogens with zero attached hydrogens (tertiary/aromatic N) is 9. The number of hydrogen-bond donors (Lipinski definition) is 1. The third-order valence-electron chi connectivity index (χ3n) is 11.3. The first-order valence-corrected chi connectivity index (χ1v) is 25.0. The van der Waals surface area contributed by atoms with Crippen LogP contribution < -0.4 is 4.68 Å². The number of aliphatic imine (C=N–C) groups is 1. The van der Waals surface area contributed by atoms with Crippen LogP contribution in [0.3, 0.4) is 0 Å². The van der Waals surface area contributed by atoms with Crippen molar-refractivity contribution in [1.29, 1.82) is 5.26 Å². The van der Waals surface area contributed by atoms with Gasteiger partial charge in [0.2, 0.25) is 6.33 Å². The highest BCUT2D eigenvalue weighted by molar-refractivity contribution is 14.1. The fourth-order valence-corrected chi connectivity index (χ4v) is 9.89. The number of thiazole rings is 2. The third-order valence-corrected chi connectivity index (χ3v) is 13.7. The van der Waals surface area contributed by atoms with Crippen LogP contribution in [0.2, 0.25) is 0 Å². The van der Waals surface area contributed by atoms with Gasteiger partial charge in [0, 0.05) is 45.1 Å². The Morgan fingerprint density at radius 2 is 1.40 bits per heavy atom. The molecule has 0 aliphatic rings. The summed E-state index contributed by atoms with van der Waals surface area (Å²) >= 11 is 10.0. The molecule has 4 heterocycles. The van der Waals surface area contributed by atoms with Crippen LogP contribution in [0.1, 0.15) is 52.4 Å². The second-order valence-corrected chi connectivity index (χ2v) is 18.1. The summed E-state index contributed by atoms with van der Waals surface area (Å²) in [6.45, 7) is 6.74. The number of nitriles is 1. The number of alkyl halides is 2. The maximum atomic E-state index is 15.3. The fraction of sp³-hybridized carbons (Fsp3) is 0.208. The number of carbonyl (C=O) groups excluding carboxylic acids is 2. The lowest BCUT2D eigenvalue weighted by molar-refractivity contribution is -0.764. The zero-order valence-electron chi connectivity index (χ0n) is 37.8. The predicted octanol–water partition coefficient (Wildman–Crippen LogP) is 11.3. The van der Waals surface area contributed by atoms with E-state index in [2.05, 4.69) is 37.9 Å². The molecule has 0 aliphatic carbocycles. The highest BCUT2D eigenvalue weighted by Crippen LogP contribution is 2.46. The van der Waals surface area contributed by atoms with E-state index in [1.165, 1.54) is 69.5 Å². The van der Waals surface area contributed by atoms with Crippen molar-refractivity contribution in [3.8, 4) is 28.6 Å².